The SMILES string of the molecule is O=C(CS(=O)(=O)C1CNC(CO)C1)OCc1ccccc1. The highest BCUT2D eigenvalue weighted by Gasteiger charge is 2.35. The first-order chi connectivity index (χ1) is 10.0. The van der Waals surface area contributed by atoms with E-state index in [1.807, 2.05) is 18.2 Å². The fourth-order valence-corrected chi connectivity index (χ4v) is 3.78. The van der Waals surface area contributed by atoms with Crippen molar-refractivity contribution in [3.8, 4) is 0 Å². The lowest BCUT2D eigenvalue weighted by molar-refractivity contribution is -0.141. The van der Waals surface area contributed by atoms with Crippen LogP contribution >= 0.6 is 0 Å². The summed E-state index contributed by atoms with van der Waals surface area (Å²) in [5.41, 5.74) is 0.811. The van der Waals surface area contributed by atoms with Gasteiger partial charge in [-0.15, -0.1) is 0 Å². The second kappa shape index (κ2) is 7.02. The highest BCUT2D eigenvalue weighted by Crippen LogP contribution is 2.16. The Morgan fingerprint density at radius 1 is 1.33 bits per heavy atom. The van der Waals surface area contributed by atoms with Crippen molar-refractivity contribution in [2.45, 2.75) is 24.3 Å². The molecule has 2 unspecified atom stereocenters. The molecule has 2 atom stereocenters. The Labute approximate surface area is 124 Å². The van der Waals surface area contributed by atoms with Gasteiger partial charge in [-0.2, -0.15) is 0 Å². The average Bonchev–Trinajstić information content (AvgIpc) is 2.96. The third-order valence-electron chi connectivity index (χ3n) is 3.47. The molecule has 0 saturated carbocycles. The molecule has 2 rings (SSSR count). The number of rotatable bonds is 6. The van der Waals surface area contributed by atoms with Gasteiger partial charge in [0.2, 0.25) is 0 Å². The molecule has 1 fully saturated rings. The van der Waals surface area contributed by atoms with E-state index in [2.05, 4.69) is 5.32 Å². The van der Waals surface area contributed by atoms with Crippen molar-refractivity contribution in [1.29, 1.82) is 0 Å². The highest BCUT2D eigenvalue weighted by atomic mass is 32.2. The predicted molar refractivity (Wildman–Crippen MR) is 77.3 cm³/mol. The van der Waals surface area contributed by atoms with E-state index < -0.39 is 26.8 Å². The number of ether oxygens (including phenoxy) is 1. The zero-order valence-electron chi connectivity index (χ0n) is 11.6. The van der Waals surface area contributed by atoms with Gasteiger partial charge in [-0.1, -0.05) is 30.3 Å². The molecule has 0 spiro atoms. The zero-order chi connectivity index (χ0) is 15.3. The first-order valence-corrected chi connectivity index (χ1v) is 8.48. The number of carbonyl (C=O) groups is 1. The molecule has 0 radical (unpaired) electrons. The fourth-order valence-electron chi connectivity index (χ4n) is 2.26. The van der Waals surface area contributed by atoms with Crippen LogP contribution in [-0.2, 0) is 26.0 Å². The molecule has 2 N–H and O–H groups in total. The summed E-state index contributed by atoms with van der Waals surface area (Å²) in [6.45, 7) is 0.224. The lowest BCUT2D eigenvalue weighted by Crippen LogP contribution is -2.30. The van der Waals surface area contributed by atoms with Crippen molar-refractivity contribution in [3.63, 3.8) is 0 Å². The van der Waals surface area contributed by atoms with Crippen molar-refractivity contribution in [2.75, 3.05) is 18.9 Å². The van der Waals surface area contributed by atoms with Crippen LogP contribution in [0.1, 0.15) is 12.0 Å². The van der Waals surface area contributed by atoms with E-state index >= 15 is 0 Å². The van der Waals surface area contributed by atoms with Crippen molar-refractivity contribution >= 4 is 15.8 Å². The standard InChI is InChI=1S/C14H19NO5S/c16-8-12-6-13(7-15-12)21(18,19)10-14(17)20-9-11-4-2-1-3-5-11/h1-5,12-13,15-16H,6-10H2. The van der Waals surface area contributed by atoms with Gasteiger partial charge in [0.05, 0.1) is 11.9 Å². The van der Waals surface area contributed by atoms with E-state index in [0.717, 1.165) is 5.56 Å². The fraction of sp³-hybridized carbons (Fsp3) is 0.500. The van der Waals surface area contributed by atoms with Gasteiger partial charge in [-0.25, -0.2) is 8.42 Å². The molecule has 1 aliphatic heterocycles. The molecule has 21 heavy (non-hydrogen) atoms. The Morgan fingerprint density at radius 2 is 2.05 bits per heavy atom. The number of carbonyl (C=O) groups excluding carboxylic acids is 1. The van der Waals surface area contributed by atoms with Crippen LogP contribution in [-0.4, -0.2) is 49.7 Å². The lowest BCUT2D eigenvalue weighted by atomic mass is 10.2. The van der Waals surface area contributed by atoms with Crippen molar-refractivity contribution in [2.24, 2.45) is 0 Å². The Hall–Kier alpha value is -1.44. The number of aliphatic hydroxyl groups is 1. The molecular weight excluding hydrogens is 294 g/mol. The van der Waals surface area contributed by atoms with Gasteiger partial charge in [-0.05, 0) is 12.0 Å². The van der Waals surface area contributed by atoms with Crippen LogP contribution in [0.15, 0.2) is 30.3 Å². The molecule has 6 nitrogen and oxygen atoms in total. The number of benzene rings is 1. The van der Waals surface area contributed by atoms with Crippen LogP contribution in [0.2, 0.25) is 0 Å². The Kier molecular flexibility index (Phi) is 5.33. The average molecular weight is 313 g/mol. The molecule has 1 saturated heterocycles. The summed E-state index contributed by atoms with van der Waals surface area (Å²) in [4.78, 5) is 11.7. The van der Waals surface area contributed by atoms with E-state index in [-0.39, 0.29) is 25.8 Å². The second-order valence-corrected chi connectivity index (χ2v) is 7.38. The van der Waals surface area contributed by atoms with E-state index in [0.29, 0.717) is 6.42 Å². The molecule has 1 aliphatic rings. The second-order valence-electron chi connectivity index (χ2n) is 5.10. The summed E-state index contributed by atoms with van der Waals surface area (Å²) in [6.07, 6.45) is 0.324. The molecule has 7 heteroatoms. The summed E-state index contributed by atoms with van der Waals surface area (Å²) < 4.78 is 29.2. The van der Waals surface area contributed by atoms with Crippen LogP contribution in [0.25, 0.3) is 0 Å². The Morgan fingerprint density at radius 3 is 2.67 bits per heavy atom. The molecule has 0 aliphatic carbocycles. The topological polar surface area (TPSA) is 92.7 Å². The molecule has 1 aromatic rings. The van der Waals surface area contributed by atoms with E-state index in [9.17, 15) is 13.2 Å². The van der Waals surface area contributed by atoms with Crippen LogP contribution in [0.4, 0.5) is 0 Å². The minimum Gasteiger partial charge on any atom is -0.460 e. The molecule has 0 bridgehead atoms. The lowest BCUT2D eigenvalue weighted by Gasteiger charge is -2.10. The van der Waals surface area contributed by atoms with Crippen molar-refractivity contribution in [1.82, 2.24) is 5.32 Å². The normalized spacial score (nSPS) is 22.1. The summed E-state index contributed by atoms with van der Waals surface area (Å²) in [7, 11) is -3.55. The molecular formula is C14H19NO5S. The largest absolute Gasteiger partial charge is 0.460 e. The predicted octanol–water partition coefficient (Wildman–Crippen LogP) is -0.133. The first-order valence-electron chi connectivity index (χ1n) is 6.76. The van der Waals surface area contributed by atoms with Crippen molar-refractivity contribution in [3.05, 3.63) is 35.9 Å². The van der Waals surface area contributed by atoms with Crippen LogP contribution in [0.5, 0.6) is 0 Å². The summed E-state index contributed by atoms with van der Waals surface area (Å²) in [6, 6.07) is 8.87. The molecule has 0 amide bonds. The number of aliphatic hydroxyl groups excluding tert-OH is 1. The minimum absolute atomic E-state index is 0.0668. The zero-order valence-corrected chi connectivity index (χ0v) is 12.4. The highest BCUT2D eigenvalue weighted by molar-refractivity contribution is 7.92. The summed E-state index contributed by atoms with van der Waals surface area (Å²) in [5.74, 6) is -1.36. The van der Waals surface area contributed by atoms with E-state index in [1.165, 1.54) is 0 Å². The third kappa shape index (κ3) is 4.52. The minimum atomic E-state index is -3.55. The number of esters is 1. The number of hydrogen-bond donors (Lipinski definition) is 2. The first kappa shape index (κ1) is 15.9. The Bertz CT molecular complexity index is 572. The third-order valence-corrected chi connectivity index (χ3v) is 5.48. The molecule has 0 aromatic heterocycles. The van der Waals surface area contributed by atoms with Gasteiger partial charge in [-0.3, -0.25) is 4.79 Å². The molecule has 1 heterocycles. The maximum atomic E-state index is 12.1. The summed E-state index contributed by atoms with van der Waals surface area (Å²) in [5, 5.41) is 11.3. The van der Waals surface area contributed by atoms with Gasteiger partial charge in [0, 0.05) is 12.6 Å². The Balaban J connectivity index is 1.84. The number of hydrogen-bond acceptors (Lipinski definition) is 6. The van der Waals surface area contributed by atoms with Crippen LogP contribution in [0, 0.1) is 0 Å². The van der Waals surface area contributed by atoms with E-state index in [1.54, 1.807) is 12.1 Å². The van der Waals surface area contributed by atoms with Gasteiger partial charge in [0.25, 0.3) is 0 Å². The summed E-state index contributed by atoms with van der Waals surface area (Å²) >= 11 is 0. The smallest absolute Gasteiger partial charge is 0.321 e. The molecule has 116 valence electrons. The van der Waals surface area contributed by atoms with Gasteiger partial charge in [0.15, 0.2) is 9.84 Å². The number of nitrogens with one attached hydrogen (secondary N) is 1. The van der Waals surface area contributed by atoms with Gasteiger partial charge < -0.3 is 15.2 Å². The van der Waals surface area contributed by atoms with Gasteiger partial charge >= 0.3 is 5.97 Å². The quantitative estimate of drug-likeness (QED) is 0.711. The molecule has 1 aromatic carbocycles. The van der Waals surface area contributed by atoms with Crippen molar-refractivity contribution < 1.29 is 23.1 Å². The van der Waals surface area contributed by atoms with Crippen LogP contribution in [0.3, 0.4) is 0 Å². The monoisotopic (exact) mass is 313 g/mol. The maximum Gasteiger partial charge on any atom is 0.321 e. The number of sulfone groups is 1. The van der Waals surface area contributed by atoms with Gasteiger partial charge in [0.1, 0.15) is 12.4 Å². The maximum absolute atomic E-state index is 12.1. The van der Waals surface area contributed by atoms with Crippen LogP contribution < -0.4 is 5.32 Å². The van der Waals surface area contributed by atoms with E-state index in [4.69, 9.17) is 9.84 Å².